The minimum Gasteiger partial charge on any atom is -0.497 e. The van der Waals surface area contributed by atoms with Crippen molar-refractivity contribution in [3.63, 3.8) is 0 Å². The Hall–Kier alpha value is -3.56. The van der Waals surface area contributed by atoms with E-state index in [2.05, 4.69) is 0 Å². The van der Waals surface area contributed by atoms with Gasteiger partial charge in [0.2, 0.25) is 0 Å². The van der Waals surface area contributed by atoms with E-state index in [0.717, 1.165) is 16.7 Å². The number of carboxylic acid groups (broad SMARTS) is 1. The van der Waals surface area contributed by atoms with Crippen molar-refractivity contribution in [3.8, 4) is 11.5 Å². The van der Waals surface area contributed by atoms with Crippen LogP contribution in [0.25, 0.3) is 0 Å². The Morgan fingerprint density at radius 2 is 1.69 bits per heavy atom. The molecular weight excluding hydrogens is 468 g/mol. The molecule has 1 atom stereocenters. The fourth-order valence-electron chi connectivity index (χ4n) is 4.16. The molecule has 35 heavy (non-hydrogen) atoms. The van der Waals surface area contributed by atoms with E-state index in [9.17, 15) is 13.2 Å². The summed E-state index contributed by atoms with van der Waals surface area (Å²) in [6, 6.07) is 19.3. The Morgan fingerprint density at radius 3 is 2.31 bits per heavy atom. The van der Waals surface area contributed by atoms with Crippen LogP contribution < -0.4 is 19.5 Å². The van der Waals surface area contributed by atoms with Gasteiger partial charge < -0.3 is 20.3 Å². The van der Waals surface area contributed by atoms with Crippen LogP contribution >= 0.6 is 0 Å². The molecule has 0 aliphatic carbocycles. The number of carbonyl (C=O) groups is 1. The molecular formula is C26H28N2O6S. The van der Waals surface area contributed by atoms with Gasteiger partial charge in [-0.25, -0.2) is 8.42 Å². The summed E-state index contributed by atoms with van der Waals surface area (Å²) in [5.74, 6) is 0.00106. The Balaban J connectivity index is 1.52. The SMILES string of the molecule is COc1ccc2c(c1)C(CCC(=O)O)CN2S(=O)(=O)c1ccc(OCc2ccc(CN)cc2)cc1. The van der Waals surface area contributed by atoms with Gasteiger partial charge in [0.15, 0.2) is 0 Å². The third kappa shape index (κ3) is 5.41. The molecule has 0 aromatic heterocycles. The maximum atomic E-state index is 13.5. The van der Waals surface area contributed by atoms with Gasteiger partial charge in [-0.3, -0.25) is 9.10 Å². The smallest absolute Gasteiger partial charge is 0.303 e. The van der Waals surface area contributed by atoms with Crippen molar-refractivity contribution in [1.29, 1.82) is 0 Å². The fourth-order valence-corrected chi connectivity index (χ4v) is 5.69. The minimum atomic E-state index is -3.86. The van der Waals surface area contributed by atoms with Crippen molar-refractivity contribution in [2.24, 2.45) is 5.73 Å². The third-order valence-electron chi connectivity index (χ3n) is 6.11. The van der Waals surface area contributed by atoms with E-state index in [-0.39, 0.29) is 23.8 Å². The molecule has 4 rings (SSSR count). The summed E-state index contributed by atoms with van der Waals surface area (Å²) < 4.78 is 39.5. The van der Waals surface area contributed by atoms with Crippen LogP contribution in [0.2, 0.25) is 0 Å². The van der Waals surface area contributed by atoms with E-state index in [4.69, 9.17) is 20.3 Å². The molecule has 0 radical (unpaired) electrons. The molecule has 0 saturated heterocycles. The maximum absolute atomic E-state index is 13.5. The first kappa shape index (κ1) is 24.6. The number of hydrogen-bond acceptors (Lipinski definition) is 6. The summed E-state index contributed by atoms with van der Waals surface area (Å²) in [4.78, 5) is 11.3. The van der Waals surface area contributed by atoms with Crippen molar-refractivity contribution in [2.75, 3.05) is 18.0 Å². The first-order valence-electron chi connectivity index (χ1n) is 11.2. The van der Waals surface area contributed by atoms with E-state index in [0.29, 0.717) is 36.8 Å². The van der Waals surface area contributed by atoms with Gasteiger partial charge in [0.25, 0.3) is 10.0 Å². The second kappa shape index (κ2) is 10.4. The summed E-state index contributed by atoms with van der Waals surface area (Å²) in [5.41, 5.74) is 8.96. The number of hydrogen-bond donors (Lipinski definition) is 2. The summed E-state index contributed by atoms with van der Waals surface area (Å²) >= 11 is 0. The number of benzene rings is 3. The van der Waals surface area contributed by atoms with Crippen molar-refractivity contribution in [2.45, 2.75) is 36.8 Å². The average molecular weight is 497 g/mol. The van der Waals surface area contributed by atoms with E-state index < -0.39 is 16.0 Å². The van der Waals surface area contributed by atoms with Crippen molar-refractivity contribution in [1.82, 2.24) is 0 Å². The van der Waals surface area contributed by atoms with Crippen LogP contribution in [0.5, 0.6) is 11.5 Å². The van der Waals surface area contributed by atoms with Gasteiger partial charge in [0.1, 0.15) is 18.1 Å². The Labute approximate surface area is 205 Å². The van der Waals surface area contributed by atoms with Gasteiger partial charge in [0.05, 0.1) is 17.7 Å². The molecule has 3 aromatic rings. The molecule has 184 valence electrons. The van der Waals surface area contributed by atoms with Gasteiger partial charge in [0, 0.05) is 25.4 Å². The highest BCUT2D eigenvalue weighted by molar-refractivity contribution is 7.92. The number of ether oxygens (including phenoxy) is 2. The van der Waals surface area contributed by atoms with Crippen molar-refractivity contribution in [3.05, 3.63) is 83.4 Å². The highest BCUT2D eigenvalue weighted by atomic mass is 32.2. The van der Waals surface area contributed by atoms with Gasteiger partial charge >= 0.3 is 5.97 Å². The largest absolute Gasteiger partial charge is 0.497 e. The molecule has 0 spiro atoms. The molecule has 0 amide bonds. The lowest BCUT2D eigenvalue weighted by Gasteiger charge is -2.20. The minimum absolute atomic E-state index is 0.0454. The number of fused-ring (bicyclic) bond motifs is 1. The zero-order valence-electron chi connectivity index (χ0n) is 19.4. The molecule has 3 aromatic carbocycles. The predicted octanol–water partition coefficient (Wildman–Crippen LogP) is 3.89. The average Bonchev–Trinajstić information content (AvgIpc) is 3.25. The molecule has 1 aliphatic rings. The van der Waals surface area contributed by atoms with E-state index in [1.54, 1.807) is 30.3 Å². The van der Waals surface area contributed by atoms with Gasteiger partial charge in [-0.2, -0.15) is 0 Å². The summed E-state index contributed by atoms with van der Waals surface area (Å²) in [7, 11) is -2.32. The first-order chi connectivity index (χ1) is 16.8. The molecule has 0 fully saturated rings. The van der Waals surface area contributed by atoms with Crippen LogP contribution in [0.1, 0.15) is 35.4 Å². The van der Waals surface area contributed by atoms with Gasteiger partial charge in [-0.15, -0.1) is 0 Å². The second-order valence-corrected chi connectivity index (χ2v) is 10.2. The standard InChI is InChI=1S/C26H28N2O6S/c1-33-22-9-12-25-24(14-22)20(6-13-26(29)30)16-28(25)35(31,32)23-10-7-21(8-11-23)34-17-19-4-2-18(15-27)3-5-19/h2-5,7-12,14,20H,6,13,15-17,27H2,1H3,(H,29,30). The number of nitrogens with zero attached hydrogens (tertiary/aromatic N) is 1. The van der Waals surface area contributed by atoms with Crippen molar-refractivity contribution < 1.29 is 27.8 Å². The second-order valence-electron chi connectivity index (χ2n) is 8.37. The van der Waals surface area contributed by atoms with E-state index in [1.807, 2.05) is 24.3 Å². The summed E-state index contributed by atoms with van der Waals surface area (Å²) in [5, 5.41) is 9.12. The summed E-state index contributed by atoms with van der Waals surface area (Å²) in [6.07, 6.45) is 0.288. The number of methoxy groups -OCH3 is 1. The van der Waals surface area contributed by atoms with Crippen LogP contribution in [0.15, 0.2) is 71.6 Å². The monoisotopic (exact) mass is 496 g/mol. The fraction of sp³-hybridized carbons (Fsp3) is 0.269. The molecule has 1 heterocycles. The Kier molecular flexibility index (Phi) is 7.28. The Morgan fingerprint density at radius 1 is 1.03 bits per heavy atom. The number of sulfonamides is 1. The molecule has 0 bridgehead atoms. The number of anilines is 1. The van der Waals surface area contributed by atoms with E-state index in [1.165, 1.54) is 23.5 Å². The molecule has 1 aliphatic heterocycles. The third-order valence-corrected chi connectivity index (χ3v) is 7.91. The molecule has 0 saturated carbocycles. The maximum Gasteiger partial charge on any atom is 0.303 e. The van der Waals surface area contributed by atoms with Crippen LogP contribution in [0.4, 0.5) is 5.69 Å². The quantitative estimate of drug-likeness (QED) is 0.437. The lowest BCUT2D eigenvalue weighted by Crippen LogP contribution is -2.30. The summed E-state index contributed by atoms with van der Waals surface area (Å²) in [6.45, 7) is 1.01. The lowest BCUT2D eigenvalue weighted by atomic mass is 9.96. The highest BCUT2D eigenvalue weighted by Crippen LogP contribution is 2.43. The zero-order chi connectivity index (χ0) is 25.0. The molecule has 8 nitrogen and oxygen atoms in total. The number of aliphatic carboxylic acids is 1. The first-order valence-corrected chi connectivity index (χ1v) is 12.7. The number of nitrogens with two attached hydrogens (primary N) is 1. The van der Waals surface area contributed by atoms with Crippen LogP contribution in [-0.4, -0.2) is 33.1 Å². The molecule has 1 unspecified atom stereocenters. The Bertz CT molecular complexity index is 1290. The molecule has 9 heteroatoms. The van der Waals surface area contributed by atoms with E-state index >= 15 is 0 Å². The van der Waals surface area contributed by atoms with Gasteiger partial charge in [-0.1, -0.05) is 24.3 Å². The normalized spacial score (nSPS) is 15.0. The highest BCUT2D eigenvalue weighted by Gasteiger charge is 2.37. The van der Waals surface area contributed by atoms with Gasteiger partial charge in [-0.05, 0) is 65.6 Å². The topological polar surface area (TPSA) is 119 Å². The van der Waals surface area contributed by atoms with Crippen LogP contribution in [-0.2, 0) is 28.0 Å². The van der Waals surface area contributed by atoms with Crippen LogP contribution in [0.3, 0.4) is 0 Å². The number of carboxylic acids is 1. The van der Waals surface area contributed by atoms with Crippen molar-refractivity contribution >= 4 is 21.7 Å². The zero-order valence-corrected chi connectivity index (χ0v) is 20.2. The van der Waals surface area contributed by atoms with Crippen LogP contribution in [0, 0.1) is 0 Å². The lowest BCUT2D eigenvalue weighted by molar-refractivity contribution is -0.137. The number of rotatable bonds is 10. The molecule has 3 N–H and O–H groups in total. The predicted molar refractivity (Wildman–Crippen MR) is 132 cm³/mol.